The van der Waals surface area contributed by atoms with Crippen LogP contribution in [0.3, 0.4) is 0 Å². The van der Waals surface area contributed by atoms with Gasteiger partial charge in [0.15, 0.2) is 0 Å². The van der Waals surface area contributed by atoms with Crippen LogP contribution in [0.15, 0.2) is 60.8 Å². The van der Waals surface area contributed by atoms with E-state index in [4.69, 9.17) is 4.74 Å². The maximum atomic E-state index is 13.4. The smallest absolute Gasteiger partial charge is 0.257 e. The number of piperidine rings is 1. The molecule has 1 aromatic heterocycles. The van der Waals surface area contributed by atoms with Gasteiger partial charge in [-0.1, -0.05) is 30.3 Å². The molecular weight excluding hydrogens is 440 g/mol. The number of para-hydroxylation sites is 1. The maximum Gasteiger partial charge on any atom is 0.257 e. The van der Waals surface area contributed by atoms with Crippen LogP contribution >= 0.6 is 0 Å². The number of methoxy groups -OCH3 is 1. The Kier molecular flexibility index (Phi) is 6.32. The second kappa shape index (κ2) is 9.56. The number of likely N-dealkylation sites (tertiary alicyclic amines) is 2. The number of benzene rings is 2. The van der Waals surface area contributed by atoms with Crippen molar-refractivity contribution in [3.8, 4) is 11.4 Å². The van der Waals surface area contributed by atoms with Gasteiger partial charge in [0.2, 0.25) is 5.91 Å². The Bertz CT molecular complexity index is 1210. The van der Waals surface area contributed by atoms with Crippen LogP contribution in [0.1, 0.15) is 40.9 Å². The topological polar surface area (TPSA) is 67.7 Å². The van der Waals surface area contributed by atoms with Gasteiger partial charge in [-0.05, 0) is 61.4 Å². The van der Waals surface area contributed by atoms with Crippen LogP contribution in [0.2, 0.25) is 0 Å². The highest BCUT2D eigenvalue weighted by Gasteiger charge is 2.43. The molecule has 2 aromatic carbocycles. The van der Waals surface area contributed by atoms with Crippen LogP contribution in [0.25, 0.3) is 5.69 Å². The lowest BCUT2D eigenvalue weighted by molar-refractivity contribution is -0.132. The molecule has 2 amide bonds. The van der Waals surface area contributed by atoms with E-state index in [0.29, 0.717) is 12.0 Å². The van der Waals surface area contributed by atoms with Crippen LogP contribution in [-0.2, 0) is 11.2 Å². The first kappa shape index (κ1) is 23.1. The van der Waals surface area contributed by atoms with E-state index < -0.39 is 0 Å². The van der Waals surface area contributed by atoms with Gasteiger partial charge in [0.1, 0.15) is 5.75 Å². The molecular formula is C28H32N4O3. The van der Waals surface area contributed by atoms with Gasteiger partial charge in [0, 0.05) is 26.2 Å². The molecule has 35 heavy (non-hydrogen) atoms. The summed E-state index contributed by atoms with van der Waals surface area (Å²) >= 11 is 0. The van der Waals surface area contributed by atoms with Gasteiger partial charge in [0.25, 0.3) is 5.91 Å². The monoisotopic (exact) mass is 472 g/mol. The van der Waals surface area contributed by atoms with Crippen molar-refractivity contribution < 1.29 is 14.3 Å². The fraction of sp³-hybridized carbons (Fsp3) is 0.393. The zero-order valence-electron chi connectivity index (χ0n) is 20.4. The molecule has 1 spiro atoms. The third kappa shape index (κ3) is 4.67. The van der Waals surface area contributed by atoms with Crippen molar-refractivity contribution in [1.82, 2.24) is 19.6 Å². The molecule has 5 rings (SSSR count). The lowest BCUT2D eigenvalue weighted by Crippen LogP contribution is -2.45. The SMILES string of the molecule is COc1cccc(CC(=O)N2CCC3(CC2)CCN(C(=O)c2cnn(-c4ccccc4)c2C)C3)c1. The van der Waals surface area contributed by atoms with Gasteiger partial charge < -0.3 is 14.5 Å². The number of amides is 2. The number of aromatic nitrogens is 2. The second-order valence-electron chi connectivity index (χ2n) is 9.78. The molecule has 0 saturated carbocycles. The number of carbonyl (C=O) groups is 2. The van der Waals surface area contributed by atoms with E-state index in [1.165, 1.54) is 0 Å². The van der Waals surface area contributed by atoms with Gasteiger partial charge in [-0.2, -0.15) is 5.10 Å². The molecule has 7 heteroatoms. The molecule has 0 aliphatic carbocycles. The van der Waals surface area contributed by atoms with Crippen LogP contribution in [0, 0.1) is 12.3 Å². The zero-order chi connectivity index (χ0) is 24.4. The van der Waals surface area contributed by atoms with Crippen LogP contribution in [0.4, 0.5) is 0 Å². The van der Waals surface area contributed by atoms with Crippen molar-refractivity contribution in [3.63, 3.8) is 0 Å². The lowest BCUT2D eigenvalue weighted by Gasteiger charge is -2.39. The largest absolute Gasteiger partial charge is 0.497 e. The third-order valence-corrected chi connectivity index (χ3v) is 7.63. The van der Waals surface area contributed by atoms with E-state index in [1.807, 2.05) is 76.0 Å². The summed E-state index contributed by atoms with van der Waals surface area (Å²) in [6.07, 6.45) is 4.93. The summed E-state index contributed by atoms with van der Waals surface area (Å²) in [7, 11) is 1.64. The van der Waals surface area contributed by atoms with Crippen LogP contribution < -0.4 is 4.74 Å². The van der Waals surface area contributed by atoms with E-state index in [-0.39, 0.29) is 17.2 Å². The number of hydrogen-bond donors (Lipinski definition) is 0. The Hall–Kier alpha value is -3.61. The van der Waals surface area contributed by atoms with Gasteiger partial charge in [-0.25, -0.2) is 4.68 Å². The normalized spacial score (nSPS) is 17.1. The van der Waals surface area contributed by atoms with Crippen LogP contribution in [0.5, 0.6) is 5.75 Å². The molecule has 0 atom stereocenters. The Balaban J connectivity index is 1.19. The van der Waals surface area contributed by atoms with Crippen LogP contribution in [-0.4, -0.2) is 64.7 Å². The molecule has 0 bridgehead atoms. The molecule has 0 unspecified atom stereocenters. The molecule has 3 heterocycles. The average Bonchev–Trinajstić information content (AvgIpc) is 3.48. The minimum absolute atomic E-state index is 0.0538. The van der Waals surface area contributed by atoms with Crippen molar-refractivity contribution in [1.29, 1.82) is 0 Å². The fourth-order valence-electron chi connectivity index (χ4n) is 5.44. The number of carbonyl (C=O) groups excluding carboxylic acids is 2. The summed E-state index contributed by atoms with van der Waals surface area (Å²) in [6.45, 7) is 4.95. The Morgan fingerprint density at radius 2 is 1.69 bits per heavy atom. The first-order valence-electron chi connectivity index (χ1n) is 12.3. The maximum absolute atomic E-state index is 13.4. The fourth-order valence-corrected chi connectivity index (χ4v) is 5.44. The first-order valence-corrected chi connectivity index (χ1v) is 12.3. The summed E-state index contributed by atoms with van der Waals surface area (Å²) in [5, 5.41) is 4.47. The summed E-state index contributed by atoms with van der Waals surface area (Å²) in [5.74, 6) is 0.981. The van der Waals surface area contributed by atoms with Gasteiger partial charge in [-0.15, -0.1) is 0 Å². The quantitative estimate of drug-likeness (QED) is 0.565. The highest BCUT2D eigenvalue weighted by molar-refractivity contribution is 5.95. The Morgan fingerprint density at radius 3 is 2.40 bits per heavy atom. The third-order valence-electron chi connectivity index (χ3n) is 7.63. The minimum atomic E-state index is 0.0538. The van der Waals surface area contributed by atoms with E-state index in [9.17, 15) is 9.59 Å². The van der Waals surface area contributed by atoms with Crippen molar-refractivity contribution in [2.75, 3.05) is 33.3 Å². The summed E-state index contributed by atoms with van der Waals surface area (Å²) < 4.78 is 7.10. The number of ether oxygens (including phenoxy) is 1. The molecule has 182 valence electrons. The van der Waals surface area contributed by atoms with Gasteiger partial charge >= 0.3 is 0 Å². The number of rotatable bonds is 5. The lowest BCUT2D eigenvalue weighted by atomic mass is 9.77. The molecule has 2 fully saturated rings. The number of hydrogen-bond acceptors (Lipinski definition) is 4. The Labute approximate surface area is 206 Å². The molecule has 2 aliphatic heterocycles. The van der Waals surface area contributed by atoms with Crippen molar-refractivity contribution in [2.45, 2.75) is 32.6 Å². The second-order valence-corrected chi connectivity index (χ2v) is 9.78. The molecule has 7 nitrogen and oxygen atoms in total. The highest BCUT2D eigenvalue weighted by atomic mass is 16.5. The standard InChI is InChI=1S/C28H32N4O3/c1-21-25(19-29-32(21)23-8-4-3-5-9-23)27(34)31-16-13-28(20-31)11-14-30(15-12-28)26(33)18-22-7-6-10-24(17-22)35-2/h3-10,17,19H,11-16,18,20H2,1-2H3. The van der Waals surface area contributed by atoms with Crippen molar-refractivity contribution in [2.24, 2.45) is 5.41 Å². The Morgan fingerprint density at radius 1 is 0.971 bits per heavy atom. The van der Waals surface area contributed by atoms with E-state index in [0.717, 1.165) is 68.1 Å². The minimum Gasteiger partial charge on any atom is -0.497 e. The molecule has 2 saturated heterocycles. The zero-order valence-corrected chi connectivity index (χ0v) is 20.4. The van der Waals surface area contributed by atoms with Gasteiger partial charge in [-0.3, -0.25) is 9.59 Å². The molecule has 3 aromatic rings. The highest BCUT2D eigenvalue weighted by Crippen LogP contribution is 2.41. The number of nitrogens with zero attached hydrogens (tertiary/aromatic N) is 4. The van der Waals surface area contributed by atoms with E-state index >= 15 is 0 Å². The molecule has 2 aliphatic rings. The molecule has 0 N–H and O–H groups in total. The average molecular weight is 473 g/mol. The molecule has 0 radical (unpaired) electrons. The first-order chi connectivity index (χ1) is 17.0. The van der Waals surface area contributed by atoms with Crippen molar-refractivity contribution in [3.05, 3.63) is 77.6 Å². The summed E-state index contributed by atoms with van der Waals surface area (Å²) in [6, 6.07) is 17.6. The summed E-state index contributed by atoms with van der Waals surface area (Å²) in [4.78, 5) is 30.2. The predicted octanol–water partition coefficient (Wildman–Crippen LogP) is 3.89. The predicted molar refractivity (Wildman–Crippen MR) is 134 cm³/mol. The van der Waals surface area contributed by atoms with E-state index in [2.05, 4.69) is 5.10 Å². The van der Waals surface area contributed by atoms with Gasteiger partial charge in [0.05, 0.1) is 36.7 Å². The summed E-state index contributed by atoms with van der Waals surface area (Å²) in [5.41, 5.74) is 3.55. The van der Waals surface area contributed by atoms with Crippen molar-refractivity contribution >= 4 is 11.8 Å². The van der Waals surface area contributed by atoms with E-state index in [1.54, 1.807) is 13.3 Å².